The number of carbonyl (C=O) groups is 2. The molecule has 2 aromatic rings. The summed E-state index contributed by atoms with van der Waals surface area (Å²) in [5.41, 5.74) is 1.52. The molecule has 0 aromatic heterocycles. The van der Waals surface area contributed by atoms with Crippen molar-refractivity contribution in [2.45, 2.75) is 38.8 Å². The van der Waals surface area contributed by atoms with Crippen molar-refractivity contribution in [3.05, 3.63) is 65.7 Å². The van der Waals surface area contributed by atoms with Crippen LogP contribution in [0, 0.1) is 0 Å². The molecule has 0 bridgehead atoms. The Morgan fingerprint density at radius 3 is 2.48 bits per heavy atom. The van der Waals surface area contributed by atoms with Gasteiger partial charge in [-0.1, -0.05) is 36.4 Å². The van der Waals surface area contributed by atoms with Crippen LogP contribution in [-0.4, -0.2) is 49.1 Å². The number of ether oxygens (including phenoxy) is 2. The third-order valence-corrected chi connectivity index (χ3v) is 5.23. The van der Waals surface area contributed by atoms with Gasteiger partial charge >= 0.3 is 6.61 Å². The number of carbonyl (C=O) groups excluding carboxylic acids is 2. The summed E-state index contributed by atoms with van der Waals surface area (Å²) in [5, 5.41) is 2.82. The zero-order valence-electron chi connectivity index (χ0n) is 18.5. The molecule has 1 N–H and O–H groups in total. The Labute approximate surface area is 192 Å². The molecule has 8 heteroatoms. The molecule has 0 saturated carbocycles. The van der Waals surface area contributed by atoms with E-state index >= 15 is 0 Å². The zero-order chi connectivity index (χ0) is 23.6. The van der Waals surface area contributed by atoms with E-state index in [9.17, 15) is 18.4 Å². The van der Waals surface area contributed by atoms with Crippen molar-refractivity contribution in [3.63, 3.8) is 0 Å². The van der Waals surface area contributed by atoms with Crippen LogP contribution in [0.4, 0.5) is 8.78 Å². The minimum atomic E-state index is -2.97. The lowest BCUT2D eigenvalue weighted by Gasteiger charge is -2.23. The van der Waals surface area contributed by atoms with Gasteiger partial charge in [-0.05, 0) is 49.1 Å². The van der Waals surface area contributed by atoms with Crippen LogP contribution in [0.15, 0.2) is 54.6 Å². The van der Waals surface area contributed by atoms with Crippen LogP contribution in [0.3, 0.4) is 0 Å². The quantitative estimate of drug-likeness (QED) is 0.546. The first-order valence-electron chi connectivity index (χ1n) is 11.0. The van der Waals surface area contributed by atoms with Gasteiger partial charge in [0.15, 0.2) is 11.5 Å². The first-order chi connectivity index (χ1) is 16.0. The molecule has 1 aliphatic heterocycles. The van der Waals surface area contributed by atoms with Crippen LogP contribution in [0.1, 0.15) is 30.9 Å². The second-order valence-electron chi connectivity index (χ2n) is 7.63. The number of rotatable bonds is 10. The average Bonchev–Trinajstić information content (AvgIpc) is 3.34. The summed E-state index contributed by atoms with van der Waals surface area (Å²) in [6.07, 6.45) is 5.16. The predicted molar refractivity (Wildman–Crippen MR) is 121 cm³/mol. The highest BCUT2D eigenvalue weighted by Gasteiger charge is 2.27. The molecule has 33 heavy (non-hydrogen) atoms. The lowest BCUT2D eigenvalue weighted by atomic mass is 10.0. The molecule has 2 aromatic carbocycles. The van der Waals surface area contributed by atoms with Gasteiger partial charge in [0.2, 0.25) is 11.8 Å². The van der Waals surface area contributed by atoms with Gasteiger partial charge in [-0.3, -0.25) is 9.59 Å². The largest absolute Gasteiger partial charge is 0.490 e. The summed E-state index contributed by atoms with van der Waals surface area (Å²) in [4.78, 5) is 27.4. The molecule has 0 spiro atoms. The Morgan fingerprint density at radius 2 is 1.82 bits per heavy atom. The van der Waals surface area contributed by atoms with Crippen LogP contribution in [0.2, 0.25) is 0 Å². The van der Waals surface area contributed by atoms with Crippen LogP contribution >= 0.6 is 0 Å². The summed E-state index contributed by atoms with van der Waals surface area (Å²) in [7, 11) is 0. The monoisotopic (exact) mass is 458 g/mol. The lowest BCUT2D eigenvalue weighted by molar-refractivity contribution is -0.134. The molecule has 6 nitrogen and oxygen atoms in total. The Hall–Kier alpha value is -3.42. The lowest BCUT2D eigenvalue weighted by Crippen LogP contribution is -2.48. The van der Waals surface area contributed by atoms with Gasteiger partial charge in [-0.2, -0.15) is 8.78 Å². The smallest absolute Gasteiger partial charge is 0.387 e. The minimum absolute atomic E-state index is 0.0763. The highest BCUT2D eigenvalue weighted by atomic mass is 19.3. The van der Waals surface area contributed by atoms with Gasteiger partial charge in [-0.15, -0.1) is 0 Å². The van der Waals surface area contributed by atoms with E-state index in [-0.39, 0.29) is 24.0 Å². The van der Waals surface area contributed by atoms with E-state index in [1.54, 1.807) is 17.9 Å². The Kier molecular flexibility index (Phi) is 8.80. The third-order valence-electron chi connectivity index (χ3n) is 5.23. The maximum absolute atomic E-state index is 13.0. The van der Waals surface area contributed by atoms with Gasteiger partial charge in [0.05, 0.1) is 6.61 Å². The number of amides is 2. The minimum Gasteiger partial charge on any atom is -0.490 e. The predicted octanol–water partition coefficient (Wildman–Crippen LogP) is 4.05. The van der Waals surface area contributed by atoms with Crippen molar-refractivity contribution in [3.8, 4) is 11.5 Å². The number of hydrogen-bond donors (Lipinski definition) is 1. The average molecular weight is 459 g/mol. The molecule has 1 heterocycles. The first-order valence-corrected chi connectivity index (χ1v) is 11.0. The molecule has 1 saturated heterocycles. The SMILES string of the molecule is CCOc1cc(/C=C\C(=O)N[C@@H](Cc2ccccc2)C(=O)N2CCCC2)ccc1OC(F)F. The van der Waals surface area contributed by atoms with Gasteiger partial charge in [0.25, 0.3) is 0 Å². The second kappa shape index (κ2) is 12.0. The van der Waals surface area contributed by atoms with Crippen LogP contribution < -0.4 is 14.8 Å². The number of halogens is 2. The number of hydrogen-bond acceptors (Lipinski definition) is 4. The summed E-state index contributed by atoms with van der Waals surface area (Å²) < 4.78 is 35.0. The summed E-state index contributed by atoms with van der Waals surface area (Å²) in [6, 6.07) is 13.3. The van der Waals surface area contributed by atoms with Crippen molar-refractivity contribution in [2.75, 3.05) is 19.7 Å². The molecule has 0 radical (unpaired) electrons. The number of likely N-dealkylation sites (tertiary alicyclic amines) is 1. The van der Waals surface area contributed by atoms with Crippen molar-refractivity contribution < 1.29 is 27.8 Å². The number of nitrogens with zero attached hydrogens (tertiary/aromatic N) is 1. The number of alkyl halides is 2. The maximum atomic E-state index is 13.0. The van der Waals surface area contributed by atoms with Crippen LogP contribution in [0.5, 0.6) is 11.5 Å². The Morgan fingerprint density at radius 1 is 1.09 bits per heavy atom. The van der Waals surface area contributed by atoms with E-state index < -0.39 is 18.6 Å². The van der Waals surface area contributed by atoms with Crippen LogP contribution in [-0.2, 0) is 16.0 Å². The van der Waals surface area contributed by atoms with Crippen molar-refractivity contribution in [2.24, 2.45) is 0 Å². The molecule has 1 atom stereocenters. The molecule has 3 rings (SSSR count). The van der Waals surface area contributed by atoms with Crippen molar-refractivity contribution in [1.29, 1.82) is 0 Å². The number of benzene rings is 2. The third kappa shape index (κ3) is 7.30. The van der Waals surface area contributed by atoms with E-state index in [2.05, 4.69) is 10.1 Å². The molecule has 2 amide bonds. The second-order valence-corrected chi connectivity index (χ2v) is 7.63. The van der Waals surface area contributed by atoms with Gasteiger partial charge in [-0.25, -0.2) is 0 Å². The fourth-order valence-corrected chi connectivity index (χ4v) is 3.69. The first kappa shape index (κ1) is 24.2. The highest BCUT2D eigenvalue weighted by Crippen LogP contribution is 2.30. The van der Waals surface area contributed by atoms with Gasteiger partial charge in [0.1, 0.15) is 6.04 Å². The molecular formula is C25H28F2N2O4. The van der Waals surface area contributed by atoms with Crippen LogP contribution in [0.25, 0.3) is 6.08 Å². The summed E-state index contributed by atoms with van der Waals surface area (Å²) in [5.74, 6) is -0.432. The Balaban J connectivity index is 1.71. The summed E-state index contributed by atoms with van der Waals surface area (Å²) >= 11 is 0. The summed E-state index contributed by atoms with van der Waals surface area (Å²) in [6.45, 7) is 0.428. The van der Waals surface area contributed by atoms with E-state index in [4.69, 9.17) is 4.74 Å². The maximum Gasteiger partial charge on any atom is 0.387 e. The fraction of sp³-hybridized carbons (Fsp3) is 0.360. The number of nitrogens with one attached hydrogen (secondary N) is 1. The van der Waals surface area contributed by atoms with Gasteiger partial charge < -0.3 is 19.7 Å². The molecule has 176 valence electrons. The highest BCUT2D eigenvalue weighted by molar-refractivity contribution is 5.95. The topological polar surface area (TPSA) is 67.9 Å². The molecule has 1 aliphatic rings. The molecule has 0 unspecified atom stereocenters. The Bertz CT molecular complexity index is 960. The molecule has 0 aliphatic carbocycles. The molecule has 1 fully saturated rings. The van der Waals surface area contributed by atoms with E-state index in [0.29, 0.717) is 25.1 Å². The fourth-order valence-electron chi connectivity index (χ4n) is 3.69. The zero-order valence-corrected chi connectivity index (χ0v) is 18.5. The molecular weight excluding hydrogens is 430 g/mol. The van der Waals surface area contributed by atoms with Gasteiger partial charge in [0, 0.05) is 25.6 Å². The standard InChI is InChI=1S/C25H28F2N2O4/c1-2-32-22-17-19(10-12-21(22)33-25(26)27)11-13-23(30)28-20(16-18-8-4-3-5-9-18)24(31)29-14-6-7-15-29/h3-5,8-13,17,20,25H,2,6-7,14-16H2,1H3,(H,28,30)/b13-11-/t20-/m0/s1. The van der Waals surface area contributed by atoms with E-state index in [1.165, 1.54) is 24.3 Å². The van der Waals surface area contributed by atoms with E-state index in [1.807, 2.05) is 30.3 Å². The van der Waals surface area contributed by atoms with E-state index in [0.717, 1.165) is 18.4 Å². The van der Waals surface area contributed by atoms with Crippen molar-refractivity contribution in [1.82, 2.24) is 10.2 Å². The normalized spacial score (nSPS) is 14.5. The van der Waals surface area contributed by atoms with Crippen molar-refractivity contribution >= 4 is 17.9 Å².